The summed E-state index contributed by atoms with van der Waals surface area (Å²) in [5, 5.41) is 2.82. The summed E-state index contributed by atoms with van der Waals surface area (Å²) in [6, 6.07) is 3.97. The summed E-state index contributed by atoms with van der Waals surface area (Å²) < 4.78 is 19.1. The van der Waals surface area contributed by atoms with Crippen LogP contribution in [0.2, 0.25) is 0 Å². The molecule has 27 heavy (non-hydrogen) atoms. The highest BCUT2D eigenvalue weighted by Gasteiger charge is 2.74. The van der Waals surface area contributed by atoms with Crippen molar-refractivity contribution in [2.45, 2.75) is 24.4 Å². The molecule has 0 unspecified atom stereocenters. The number of nitrogens with zero attached hydrogens (tertiary/aromatic N) is 2. The Morgan fingerprint density at radius 3 is 2.89 bits per heavy atom. The molecule has 5 rings (SSSR count). The van der Waals surface area contributed by atoms with E-state index in [4.69, 9.17) is 4.74 Å². The minimum Gasteiger partial charge on any atom is -0.383 e. The van der Waals surface area contributed by atoms with E-state index in [0.717, 1.165) is 12.8 Å². The quantitative estimate of drug-likeness (QED) is 0.789. The number of rotatable bonds is 3. The van der Waals surface area contributed by atoms with Crippen LogP contribution in [0.1, 0.15) is 18.4 Å². The van der Waals surface area contributed by atoms with Crippen molar-refractivity contribution in [3.63, 3.8) is 0 Å². The van der Waals surface area contributed by atoms with Gasteiger partial charge in [-0.05, 0) is 37.6 Å². The van der Waals surface area contributed by atoms with E-state index in [2.05, 4.69) is 5.32 Å². The van der Waals surface area contributed by atoms with Crippen LogP contribution in [-0.4, -0.2) is 60.4 Å². The summed E-state index contributed by atoms with van der Waals surface area (Å²) in [6.45, 7) is 1.02. The van der Waals surface area contributed by atoms with Crippen molar-refractivity contribution >= 4 is 23.4 Å². The van der Waals surface area contributed by atoms with Crippen molar-refractivity contribution in [1.82, 2.24) is 9.80 Å². The van der Waals surface area contributed by atoms with Gasteiger partial charge in [0.2, 0.25) is 17.7 Å². The van der Waals surface area contributed by atoms with Gasteiger partial charge in [0.15, 0.2) is 0 Å². The van der Waals surface area contributed by atoms with E-state index in [1.807, 2.05) is 4.90 Å². The third-order valence-corrected chi connectivity index (χ3v) is 6.56. The van der Waals surface area contributed by atoms with Gasteiger partial charge in [-0.25, -0.2) is 4.39 Å². The Bertz CT molecular complexity index is 875. The van der Waals surface area contributed by atoms with Gasteiger partial charge in [0.05, 0.1) is 25.0 Å². The van der Waals surface area contributed by atoms with Crippen LogP contribution in [0.5, 0.6) is 0 Å². The number of imide groups is 1. The molecule has 0 aliphatic carbocycles. The van der Waals surface area contributed by atoms with E-state index in [9.17, 15) is 18.8 Å². The SMILES string of the molecule is COCCN1C(=O)[C@H]2[C@H]3CCCN3[C@@]3(C(=O)Nc4ccc(F)cc43)[C@@H]2C1=O. The van der Waals surface area contributed by atoms with E-state index >= 15 is 0 Å². The van der Waals surface area contributed by atoms with Crippen LogP contribution in [0, 0.1) is 17.7 Å². The Labute approximate surface area is 155 Å². The fourth-order valence-corrected chi connectivity index (χ4v) is 5.64. The standard InChI is InChI=1S/C19H20FN3O4/c1-27-8-7-22-16(24)14-13-3-2-6-23(13)19(15(14)17(22)25)11-9-10(20)4-5-12(11)21-18(19)26/h4-5,9,13-15H,2-3,6-8H2,1H3,(H,21,26)/t13-,14+,15+,19-/m1/s1. The smallest absolute Gasteiger partial charge is 0.250 e. The van der Waals surface area contributed by atoms with Crippen molar-refractivity contribution in [2.24, 2.45) is 11.8 Å². The average Bonchev–Trinajstić information content (AvgIpc) is 3.33. The van der Waals surface area contributed by atoms with Crippen LogP contribution >= 0.6 is 0 Å². The van der Waals surface area contributed by atoms with Gasteiger partial charge in [-0.2, -0.15) is 0 Å². The number of carbonyl (C=O) groups excluding carboxylic acids is 3. The zero-order valence-corrected chi connectivity index (χ0v) is 14.9. The van der Waals surface area contributed by atoms with Gasteiger partial charge in [-0.3, -0.25) is 24.2 Å². The fraction of sp³-hybridized carbons (Fsp3) is 0.526. The second kappa shape index (κ2) is 5.59. The molecule has 0 bridgehead atoms. The molecule has 3 fully saturated rings. The Hall–Kier alpha value is -2.32. The first-order valence-electron chi connectivity index (χ1n) is 9.24. The topological polar surface area (TPSA) is 79.0 Å². The highest BCUT2D eigenvalue weighted by atomic mass is 19.1. The molecule has 7 nitrogen and oxygen atoms in total. The number of fused-ring (bicyclic) bond motifs is 7. The number of ether oxygens (including phenoxy) is 1. The van der Waals surface area contributed by atoms with Crippen molar-refractivity contribution in [3.05, 3.63) is 29.6 Å². The van der Waals surface area contributed by atoms with Gasteiger partial charge >= 0.3 is 0 Å². The zero-order chi connectivity index (χ0) is 18.9. The lowest BCUT2D eigenvalue weighted by molar-refractivity contribution is -0.146. The lowest BCUT2D eigenvalue weighted by Gasteiger charge is -2.36. The van der Waals surface area contributed by atoms with E-state index in [1.165, 1.54) is 30.2 Å². The van der Waals surface area contributed by atoms with Crippen molar-refractivity contribution in [3.8, 4) is 0 Å². The van der Waals surface area contributed by atoms with Gasteiger partial charge in [-0.1, -0.05) is 0 Å². The number of nitrogens with one attached hydrogen (secondary N) is 1. The number of amides is 3. The molecule has 0 saturated carbocycles. The Balaban J connectivity index is 1.69. The molecule has 142 valence electrons. The largest absolute Gasteiger partial charge is 0.383 e. The predicted octanol–water partition coefficient (Wildman–Crippen LogP) is 0.699. The molecule has 4 aliphatic heterocycles. The molecule has 1 spiro atoms. The van der Waals surface area contributed by atoms with Gasteiger partial charge < -0.3 is 10.1 Å². The van der Waals surface area contributed by atoms with E-state index in [-0.39, 0.29) is 36.9 Å². The molecule has 1 N–H and O–H groups in total. The monoisotopic (exact) mass is 373 g/mol. The van der Waals surface area contributed by atoms with Crippen LogP contribution in [0.15, 0.2) is 18.2 Å². The summed E-state index contributed by atoms with van der Waals surface area (Å²) in [5.74, 6) is -2.79. The minimum atomic E-state index is -1.31. The summed E-state index contributed by atoms with van der Waals surface area (Å²) >= 11 is 0. The maximum absolute atomic E-state index is 14.1. The average molecular weight is 373 g/mol. The zero-order valence-electron chi connectivity index (χ0n) is 14.9. The van der Waals surface area contributed by atoms with Gasteiger partial charge in [-0.15, -0.1) is 0 Å². The van der Waals surface area contributed by atoms with Gasteiger partial charge in [0.1, 0.15) is 11.4 Å². The molecule has 4 atom stereocenters. The molecule has 8 heteroatoms. The van der Waals surface area contributed by atoms with Crippen molar-refractivity contribution < 1.29 is 23.5 Å². The molecule has 3 amide bonds. The van der Waals surface area contributed by atoms with E-state index < -0.39 is 23.2 Å². The maximum atomic E-state index is 14.1. The highest BCUT2D eigenvalue weighted by molar-refractivity contribution is 6.15. The maximum Gasteiger partial charge on any atom is 0.250 e. The molecule has 1 aromatic rings. The van der Waals surface area contributed by atoms with Crippen LogP contribution < -0.4 is 5.32 Å². The summed E-state index contributed by atoms with van der Waals surface area (Å²) in [5.41, 5.74) is -0.317. The molecule has 4 heterocycles. The summed E-state index contributed by atoms with van der Waals surface area (Å²) in [6.07, 6.45) is 1.59. The second-order valence-corrected chi connectivity index (χ2v) is 7.64. The number of hydrogen-bond donors (Lipinski definition) is 1. The van der Waals surface area contributed by atoms with Crippen LogP contribution in [0.3, 0.4) is 0 Å². The normalized spacial score (nSPS) is 34.4. The Morgan fingerprint density at radius 2 is 2.11 bits per heavy atom. The third kappa shape index (κ3) is 1.89. The first-order valence-corrected chi connectivity index (χ1v) is 9.24. The first-order chi connectivity index (χ1) is 13.0. The van der Waals surface area contributed by atoms with Gasteiger partial charge in [0.25, 0.3) is 0 Å². The predicted molar refractivity (Wildman–Crippen MR) is 92.0 cm³/mol. The molecule has 0 aromatic heterocycles. The molecular weight excluding hydrogens is 353 g/mol. The molecule has 4 aliphatic rings. The van der Waals surface area contributed by atoms with E-state index in [1.54, 1.807) is 0 Å². The van der Waals surface area contributed by atoms with E-state index in [0.29, 0.717) is 17.8 Å². The third-order valence-electron chi connectivity index (χ3n) is 6.56. The summed E-state index contributed by atoms with van der Waals surface area (Å²) in [4.78, 5) is 42.8. The molecule has 3 saturated heterocycles. The molecule has 0 radical (unpaired) electrons. The van der Waals surface area contributed by atoms with Crippen LogP contribution in [-0.2, 0) is 24.7 Å². The number of methoxy groups -OCH3 is 1. The van der Waals surface area contributed by atoms with Gasteiger partial charge in [0, 0.05) is 24.4 Å². The number of hydrogen-bond acceptors (Lipinski definition) is 5. The van der Waals surface area contributed by atoms with Crippen LogP contribution in [0.4, 0.5) is 10.1 Å². The number of anilines is 1. The number of likely N-dealkylation sites (tertiary alicyclic amines) is 1. The fourth-order valence-electron chi connectivity index (χ4n) is 5.64. The second-order valence-electron chi connectivity index (χ2n) is 7.64. The number of carbonyl (C=O) groups is 3. The number of halogens is 1. The Kier molecular flexibility index (Phi) is 3.48. The van der Waals surface area contributed by atoms with Crippen molar-refractivity contribution in [2.75, 3.05) is 32.1 Å². The minimum absolute atomic E-state index is 0.168. The molecule has 1 aromatic carbocycles. The number of benzene rings is 1. The van der Waals surface area contributed by atoms with Crippen molar-refractivity contribution in [1.29, 1.82) is 0 Å². The highest BCUT2D eigenvalue weighted by Crippen LogP contribution is 2.60. The molecular formula is C19H20FN3O4. The van der Waals surface area contributed by atoms with Crippen LogP contribution in [0.25, 0.3) is 0 Å². The summed E-state index contributed by atoms with van der Waals surface area (Å²) in [7, 11) is 1.51. The lowest BCUT2D eigenvalue weighted by Crippen LogP contribution is -2.54. The Morgan fingerprint density at radius 1 is 1.30 bits per heavy atom. The first kappa shape index (κ1) is 16.8. The lowest BCUT2D eigenvalue weighted by atomic mass is 9.75.